The van der Waals surface area contributed by atoms with E-state index in [2.05, 4.69) is 5.32 Å². The van der Waals surface area contributed by atoms with Crippen LogP contribution in [0, 0.1) is 6.92 Å². The first-order chi connectivity index (χ1) is 22.9. The van der Waals surface area contributed by atoms with E-state index in [1.807, 2.05) is 58.0 Å². The molecule has 2 atom stereocenters. The number of anilines is 1. The first kappa shape index (κ1) is 36.8. The average Bonchev–Trinajstić information content (AvgIpc) is 3.07. The van der Waals surface area contributed by atoms with E-state index in [1.165, 1.54) is 17.0 Å². The van der Waals surface area contributed by atoms with Gasteiger partial charge in [0.1, 0.15) is 18.3 Å². The number of ether oxygens (including phenoxy) is 1. The Morgan fingerprint density at radius 3 is 2.12 bits per heavy atom. The Bertz CT molecular complexity index is 1790. The Kier molecular flexibility index (Phi) is 12.9. The molecular weight excluding hydrogens is 669 g/mol. The first-order valence-corrected chi connectivity index (χ1v) is 18.0. The van der Waals surface area contributed by atoms with E-state index >= 15 is 0 Å². The smallest absolute Gasteiger partial charge is 0.264 e. The number of nitrogens with zero attached hydrogens (tertiary/aromatic N) is 2. The van der Waals surface area contributed by atoms with Crippen molar-refractivity contribution >= 4 is 50.7 Å². The minimum absolute atomic E-state index is 0.0250. The Labute approximate surface area is 293 Å². The molecule has 0 unspecified atom stereocenters. The molecule has 0 heterocycles. The minimum Gasteiger partial charge on any atom is -0.494 e. The van der Waals surface area contributed by atoms with Gasteiger partial charge in [-0.1, -0.05) is 84.2 Å². The second kappa shape index (κ2) is 16.9. The number of amides is 2. The van der Waals surface area contributed by atoms with Crippen molar-refractivity contribution in [1.82, 2.24) is 10.2 Å². The van der Waals surface area contributed by atoms with Crippen molar-refractivity contribution < 1.29 is 22.7 Å². The Hall–Kier alpha value is -4.05. The lowest BCUT2D eigenvalue weighted by molar-refractivity contribution is -0.140. The quantitative estimate of drug-likeness (QED) is 0.138. The van der Waals surface area contributed by atoms with Gasteiger partial charge < -0.3 is 15.0 Å². The summed E-state index contributed by atoms with van der Waals surface area (Å²) in [5.74, 6) is -0.368. The number of carbonyl (C=O) groups is 2. The zero-order valence-electron chi connectivity index (χ0n) is 27.5. The molecule has 0 aliphatic carbocycles. The van der Waals surface area contributed by atoms with Gasteiger partial charge in [-0.2, -0.15) is 0 Å². The predicted molar refractivity (Wildman–Crippen MR) is 192 cm³/mol. The van der Waals surface area contributed by atoms with Crippen LogP contribution in [0.3, 0.4) is 0 Å². The summed E-state index contributed by atoms with van der Waals surface area (Å²) in [6.45, 7) is 7.41. The molecule has 254 valence electrons. The van der Waals surface area contributed by atoms with Crippen molar-refractivity contribution in [3.05, 3.63) is 124 Å². The summed E-state index contributed by atoms with van der Waals surface area (Å²) in [7, 11) is -4.23. The lowest BCUT2D eigenvalue weighted by Gasteiger charge is -2.34. The number of rotatable bonds is 15. The van der Waals surface area contributed by atoms with Gasteiger partial charge in [-0.05, 0) is 86.8 Å². The van der Waals surface area contributed by atoms with Crippen LogP contribution in [0.15, 0.2) is 102 Å². The largest absolute Gasteiger partial charge is 0.494 e. The Morgan fingerprint density at radius 1 is 0.854 bits per heavy atom. The molecule has 48 heavy (non-hydrogen) atoms. The van der Waals surface area contributed by atoms with Crippen molar-refractivity contribution in [3.63, 3.8) is 0 Å². The van der Waals surface area contributed by atoms with Gasteiger partial charge in [-0.15, -0.1) is 0 Å². The van der Waals surface area contributed by atoms with Gasteiger partial charge >= 0.3 is 0 Å². The number of benzene rings is 4. The van der Waals surface area contributed by atoms with Crippen LogP contribution < -0.4 is 14.4 Å². The van der Waals surface area contributed by atoms with Crippen LogP contribution in [-0.2, 0) is 32.6 Å². The summed E-state index contributed by atoms with van der Waals surface area (Å²) in [5, 5.41) is 3.67. The van der Waals surface area contributed by atoms with Crippen LogP contribution in [0.2, 0.25) is 10.0 Å². The van der Waals surface area contributed by atoms with Crippen molar-refractivity contribution in [3.8, 4) is 5.75 Å². The molecule has 1 N–H and O–H groups in total. The number of hydrogen-bond donors (Lipinski definition) is 1. The standard InChI is InChI=1S/C37H41Cl2N3O5S/c1-5-27(4)40-37(44)35(23-28-10-8-7-9-11-28)41(24-29-14-21-33(38)34(39)22-29)36(43)25-42(30-15-17-31(18-16-30)47-6-2)48(45,46)32-19-12-26(3)13-20-32/h7-22,27,35H,5-6,23-25H2,1-4H3,(H,40,44)/t27-,35+/m0/s1. The third-order valence-electron chi connectivity index (χ3n) is 7.93. The van der Waals surface area contributed by atoms with Crippen LogP contribution in [0.25, 0.3) is 0 Å². The minimum atomic E-state index is -4.23. The third kappa shape index (κ3) is 9.52. The summed E-state index contributed by atoms with van der Waals surface area (Å²) in [6, 6.07) is 26.2. The van der Waals surface area contributed by atoms with E-state index in [9.17, 15) is 18.0 Å². The monoisotopic (exact) mass is 709 g/mol. The van der Waals surface area contributed by atoms with Gasteiger partial charge in [0.2, 0.25) is 11.8 Å². The molecule has 0 aromatic heterocycles. The molecule has 0 radical (unpaired) electrons. The molecule has 8 nitrogen and oxygen atoms in total. The molecule has 2 amide bonds. The van der Waals surface area contributed by atoms with Crippen LogP contribution in [-0.4, -0.2) is 50.4 Å². The normalized spacial score (nSPS) is 12.5. The zero-order chi connectivity index (χ0) is 34.8. The highest BCUT2D eigenvalue weighted by atomic mass is 35.5. The van der Waals surface area contributed by atoms with Crippen molar-refractivity contribution in [1.29, 1.82) is 0 Å². The highest BCUT2D eigenvalue weighted by molar-refractivity contribution is 7.92. The molecule has 0 saturated carbocycles. The summed E-state index contributed by atoms with van der Waals surface area (Å²) < 4.78 is 35.1. The fourth-order valence-corrected chi connectivity index (χ4v) is 6.81. The van der Waals surface area contributed by atoms with Gasteiger partial charge in [0.05, 0.1) is 27.2 Å². The zero-order valence-corrected chi connectivity index (χ0v) is 29.9. The van der Waals surface area contributed by atoms with Crippen LogP contribution in [0.1, 0.15) is 43.9 Å². The second-order valence-corrected chi connectivity index (χ2v) is 14.2. The fourth-order valence-electron chi connectivity index (χ4n) is 5.07. The van der Waals surface area contributed by atoms with Crippen molar-refractivity contribution in [2.24, 2.45) is 0 Å². The van der Waals surface area contributed by atoms with Crippen LogP contribution >= 0.6 is 23.2 Å². The van der Waals surface area contributed by atoms with E-state index in [0.717, 1.165) is 15.4 Å². The summed E-state index contributed by atoms with van der Waals surface area (Å²) in [4.78, 5) is 30.1. The maximum atomic E-state index is 14.6. The number of aryl methyl sites for hydroxylation is 1. The molecule has 0 saturated heterocycles. The maximum absolute atomic E-state index is 14.6. The van der Waals surface area contributed by atoms with Gasteiger partial charge in [0.25, 0.3) is 10.0 Å². The molecule has 0 aliphatic rings. The lowest BCUT2D eigenvalue weighted by atomic mass is 10.0. The third-order valence-corrected chi connectivity index (χ3v) is 10.5. The van der Waals surface area contributed by atoms with E-state index in [-0.39, 0.29) is 35.5 Å². The van der Waals surface area contributed by atoms with Gasteiger partial charge in [0.15, 0.2) is 0 Å². The molecule has 4 aromatic rings. The number of nitrogens with one attached hydrogen (secondary N) is 1. The van der Waals surface area contributed by atoms with Gasteiger partial charge in [0, 0.05) is 19.0 Å². The van der Waals surface area contributed by atoms with E-state index in [1.54, 1.807) is 54.6 Å². The molecule has 4 aromatic carbocycles. The van der Waals surface area contributed by atoms with Crippen LogP contribution in [0.5, 0.6) is 5.75 Å². The first-order valence-electron chi connectivity index (χ1n) is 15.8. The van der Waals surface area contributed by atoms with E-state index in [4.69, 9.17) is 27.9 Å². The van der Waals surface area contributed by atoms with E-state index in [0.29, 0.717) is 34.4 Å². The number of carbonyl (C=O) groups excluding carboxylic acids is 2. The lowest BCUT2D eigenvalue weighted by Crippen LogP contribution is -2.54. The van der Waals surface area contributed by atoms with E-state index < -0.39 is 28.5 Å². The molecule has 0 fully saturated rings. The Balaban J connectivity index is 1.82. The highest BCUT2D eigenvalue weighted by Crippen LogP contribution is 2.28. The summed E-state index contributed by atoms with van der Waals surface area (Å²) in [6.07, 6.45) is 0.884. The summed E-state index contributed by atoms with van der Waals surface area (Å²) >= 11 is 12.6. The molecule has 11 heteroatoms. The van der Waals surface area contributed by atoms with Crippen molar-refractivity contribution in [2.75, 3.05) is 17.5 Å². The fraction of sp³-hybridized carbons (Fsp3) is 0.297. The van der Waals surface area contributed by atoms with Crippen molar-refractivity contribution in [2.45, 2.75) is 64.1 Å². The molecule has 0 spiro atoms. The maximum Gasteiger partial charge on any atom is 0.264 e. The number of sulfonamides is 1. The molecule has 4 rings (SSSR count). The molecular formula is C37H41Cl2N3O5S. The topological polar surface area (TPSA) is 96.0 Å². The summed E-state index contributed by atoms with van der Waals surface area (Å²) in [5.41, 5.74) is 2.62. The number of hydrogen-bond acceptors (Lipinski definition) is 5. The molecule has 0 aliphatic heterocycles. The average molecular weight is 711 g/mol. The molecule has 0 bridgehead atoms. The number of halogens is 2. The van der Waals surface area contributed by atoms with Gasteiger partial charge in [-0.25, -0.2) is 8.42 Å². The SMILES string of the molecule is CCOc1ccc(N(CC(=O)N(Cc2ccc(Cl)c(Cl)c2)[C@H](Cc2ccccc2)C(=O)N[C@@H](C)CC)S(=O)(=O)c2ccc(C)cc2)cc1. The van der Waals surface area contributed by atoms with Crippen LogP contribution in [0.4, 0.5) is 5.69 Å². The predicted octanol–water partition coefficient (Wildman–Crippen LogP) is 7.45. The van der Waals surface area contributed by atoms with Gasteiger partial charge in [-0.3, -0.25) is 13.9 Å². The highest BCUT2D eigenvalue weighted by Gasteiger charge is 2.35. The second-order valence-electron chi connectivity index (χ2n) is 11.5. The Morgan fingerprint density at radius 2 is 1.52 bits per heavy atom.